The van der Waals surface area contributed by atoms with E-state index in [1.54, 1.807) is 24.6 Å². The topological polar surface area (TPSA) is 110 Å². The minimum atomic E-state index is -0.593. The first-order valence-electron chi connectivity index (χ1n) is 8.20. The van der Waals surface area contributed by atoms with Crippen LogP contribution in [0.1, 0.15) is 23.0 Å². The van der Waals surface area contributed by atoms with E-state index in [0.717, 1.165) is 10.9 Å². The molecule has 0 atom stereocenters. The second kappa shape index (κ2) is 8.45. The number of benzene rings is 1. The number of aromatic nitrogens is 2. The Bertz CT molecular complexity index is 978. The second-order valence-electron chi connectivity index (χ2n) is 5.50. The molecule has 8 nitrogen and oxygen atoms in total. The largest absolute Gasteiger partial charge is 0.466 e. The molecule has 0 spiro atoms. The number of rotatable bonds is 7. The van der Waals surface area contributed by atoms with Gasteiger partial charge in [-0.3, -0.25) is 14.9 Å². The third-order valence-electron chi connectivity index (χ3n) is 3.57. The molecule has 0 aliphatic carbocycles. The van der Waals surface area contributed by atoms with E-state index in [-0.39, 0.29) is 12.4 Å². The van der Waals surface area contributed by atoms with E-state index < -0.39 is 18.5 Å². The van der Waals surface area contributed by atoms with Gasteiger partial charge < -0.3 is 14.5 Å². The molecule has 0 aliphatic heterocycles. The van der Waals surface area contributed by atoms with Crippen LogP contribution in [0.4, 0.5) is 5.13 Å². The standard InChI is InChI=1S/C18H17N3O5S/c1-2-25-16(23)7-11-10-27-18(20-11)21-15(22)9-26-17(24)13-8-19-14-6-4-3-5-12(13)14/h3-6,8,10,19H,2,7,9H2,1H3,(H,20,21,22). The summed E-state index contributed by atoms with van der Waals surface area (Å²) in [6.45, 7) is 1.58. The summed E-state index contributed by atoms with van der Waals surface area (Å²) in [5.74, 6) is -1.49. The lowest BCUT2D eigenvalue weighted by molar-refractivity contribution is -0.142. The first-order chi connectivity index (χ1) is 13.1. The van der Waals surface area contributed by atoms with E-state index in [9.17, 15) is 14.4 Å². The number of hydrogen-bond donors (Lipinski definition) is 2. The summed E-state index contributed by atoms with van der Waals surface area (Å²) in [7, 11) is 0. The Kier molecular flexibility index (Phi) is 5.82. The highest BCUT2D eigenvalue weighted by Gasteiger charge is 2.16. The van der Waals surface area contributed by atoms with Gasteiger partial charge in [0.2, 0.25) is 0 Å². The summed E-state index contributed by atoms with van der Waals surface area (Å²) >= 11 is 1.18. The molecule has 0 aliphatic rings. The Morgan fingerprint density at radius 2 is 2.04 bits per heavy atom. The summed E-state index contributed by atoms with van der Waals surface area (Å²) in [6.07, 6.45) is 1.59. The van der Waals surface area contributed by atoms with Crippen molar-refractivity contribution in [3.05, 3.63) is 47.1 Å². The van der Waals surface area contributed by atoms with Gasteiger partial charge in [-0.05, 0) is 13.0 Å². The Labute approximate surface area is 158 Å². The Balaban J connectivity index is 1.52. The van der Waals surface area contributed by atoms with Crippen LogP contribution < -0.4 is 5.32 Å². The van der Waals surface area contributed by atoms with Crippen LogP contribution >= 0.6 is 11.3 Å². The predicted molar refractivity (Wildman–Crippen MR) is 99.7 cm³/mol. The minimum Gasteiger partial charge on any atom is -0.466 e. The van der Waals surface area contributed by atoms with Crippen LogP contribution in [0, 0.1) is 0 Å². The van der Waals surface area contributed by atoms with Gasteiger partial charge in [0.1, 0.15) is 0 Å². The third-order valence-corrected chi connectivity index (χ3v) is 4.38. The molecule has 2 aromatic heterocycles. The molecule has 140 valence electrons. The maximum atomic E-state index is 12.2. The van der Waals surface area contributed by atoms with Gasteiger partial charge in [0, 0.05) is 22.5 Å². The molecule has 3 aromatic rings. The van der Waals surface area contributed by atoms with Crippen LogP contribution in [-0.2, 0) is 25.5 Å². The second-order valence-corrected chi connectivity index (χ2v) is 6.36. The number of amides is 1. The number of aromatic amines is 1. The first-order valence-corrected chi connectivity index (χ1v) is 9.08. The quantitative estimate of drug-likeness (QED) is 0.603. The van der Waals surface area contributed by atoms with Gasteiger partial charge >= 0.3 is 11.9 Å². The number of hydrogen-bond acceptors (Lipinski definition) is 7. The SMILES string of the molecule is CCOC(=O)Cc1csc(NC(=O)COC(=O)c2c[nH]c3ccccc23)n1. The maximum Gasteiger partial charge on any atom is 0.340 e. The van der Waals surface area contributed by atoms with E-state index >= 15 is 0 Å². The zero-order valence-corrected chi connectivity index (χ0v) is 15.3. The molecule has 0 bridgehead atoms. The molecule has 0 saturated heterocycles. The molecule has 0 radical (unpaired) electrons. The number of para-hydroxylation sites is 1. The van der Waals surface area contributed by atoms with Crippen molar-refractivity contribution in [2.24, 2.45) is 0 Å². The van der Waals surface area contributed by atoms with Crippen LogP contribution in [0.15, 0.2) is 35.8 Å². The van der Waals surface area contributed by atoms with Gasteiger partial charge in [-0.1, -0.05) is 18.2 Å². The zero-order valence-electron chi connectivity index (χ0n) is 14.5. The van der Waals surface area contributed by atoms with Gasteiger partial charge in [0.05, 0.1) is 24.3 Å². The highest BCUT2D eigenvalue weighted by Crippen LogP contribution is 2.19. The molecule has 3 rings (SSSR count). The van der Waals surface area contributed by atoms with Crippen LogP contribution in [-0.4, -0.2) is 41.0 Å². The summed E-state index contributed by atoms with van der Waals surface area (Å²) in [5, 5.41) is 5.24. The number of anilines is 1. The molecule has 0 saturated carbocycles. The number of carbonyl (C=O) groups is 3. The lowest BCUT2D eigenvalue weighted by Crippen LogP contribution is -2.20. The average molecular weight is 387 g/mol. The fourth-order valence-electron chi connectivity index (χ4n) is 2.41. The fourth-order valence-corrected chi connectivity index (χ4v) is 3.14. The van der Waals surface area contributed by atoms with Crippen LogP contribution in [0.3, 0.4) is 0 Å². The van der Waals surface area contributed by atoms with Crippen molar-refractivity contribution in [2.45, 2.75) is 13.3 Å². The molecule has 9 heteroatoms. The van der Waals surface area contributed by atoms with E-state index in [1.165, 1.54) is 11.3 Å². The highest BCUT2D eigenvalue weighted by molar-refractivity contribution is 7.13. The van der Waals surface area contributed by atoms with E-state index in [2.05, 4.69) is 15.3 Å². The third kappa shape index (κ3) is 4.70. The molecule has 0 fully saturated rings. The Hall–Kier alpha value is -3.20. The zero-order chi connectivity index (χ0) is 19.2. The van der Waals surface area contributed by atoms with E-state index in [1.807, 2.05) is 18.2 Å². The summed E-state index contributed by atoms with van der Waals surface area (Å²) in [5.41, 5.74) is 1.68. The lowest BCUT2D eigenvalue weighted by atomic mass is 10.2. The minimum absolute atomic E-state index is 0.0375. The molecular weight excluding hydrogens is 370 g/mol. The number of ether oxygens (including phenoxy) is 2. The van der Waals surface area contributed by atoms with Crippen LogP contribution in [0.2, 0.25) is 0 Å². The number of nitrogens with zero attached hydrogens (tertiary/aromatic N) is 1. The maximum absolute atomic E-state index is 12.2. The van der Waals surface area contributed by atoms with Crippen molar-refractivity contribution in [3.63, 3.8) is 0 Å². The van der Waals surface area contributed by atoms with Gasteiger partial charge in [-0.2, -0.15) is 0 Å². The number of esters is 2. The molecule has 27 heavy (non-hydrogen) atoms. The first kappa shape index (κ1) is 18.6. The number of H-pyrrole nitrogens is 1. The number of fused-ring (bicyclic) bond motifs is 1. The van der Waals surface area contributed by atoms with Gasteiger partial charge in [-0.25, -0.2) is 9.78 Å². The predicted octanol–water partition coefficient (Wildman–Crippen LogP) is 2.53. The number of nitrogens with one attached hydrogen (secondary N) is 2. The van der Waals surface area contributed by atoms with Gasteiger partial charge in [-0.15, -0.1) is 11.3 Å². The van der Waals surface area contributed by atoms with E-state index in [0.29, 0.717) is 23.0 Å². The molecular formula is C18H17N3O5S. The molecule has 0 unspecified atom stereocenters. The summed E-state index contributed by atoms with van der Waals surface area (Å²) in [4.78, 5) is 42.7. The molecule has 2 N–H and O–H groups in total. The van der Waals surface area contributed by atoms with Crippen molar-refractivity contribution < 1.29 is 23.9 Å². The fraction of sp³-hybridized carbons (Fsp3) is 0.222. The highest BCUT2D eigenvalue weighted by atomic mass is 32.1. The Morgan fingerprint density at radius 3 is 2.85 bits per heavy atom. The van der Waals surface area contributed by atoms with Crippen molar-refractivity contribution >= 4 is 45.2 Å². The normalized spacial score (nSPS) is 10.6. The van der Waals surface area contributed by atoms with Crippen LogP contribution in [0.5, 0.6) is 0 Å². The van der Waals surface area contributed by atoms with Crippen molar-refractivity contribution in [1.82, 2.24) is 9.97 Å². The summed E-state index contributed by atoms with van der Waals surface area (Å²) < 4.78 is 9.91. The van der Waals surface area contributed by atoms with E-state index in [4.69, 9.17) is 9.47 Å². The molecule has 1 amide bonds. The van der Waals surface area contributed by atoms with Crippen molar-refractivity contribution in [2.75, 3.05) is 18.5 Å². The van der Waals surface area contributed by atoms with Crippen molar-refractivity contribution in [1.29, 1.82) is 0 Å². The van der Waals surface area contributed by atoms with Gasteiger partial charge in [0.15, 0.2) is 11.7 Å². The smallest absolute Gasteiger partial charge is 0.340 e. The monoisotopic (exact) mass is 387 g/mol. The Morgan fingerprint density at radius 1 is 1.22 bits per heavy atom. The van der Waals surface area contributed by atoms with Crippen LogP contribution in [0.25, 0.3) is 10.9 Å². The average Bonchev–Trinajstić information content (AvgIpc) is 3.26. The van der Waals surface area contributed by atoms with Crippen molar-refractivity contribution in [3.8, 4) is 0 Å². The lowest BCUT2D eigenvalue weighted by Gasteiger charge is -2.04. The molecule has 2 heterocycles. The summed E-state index contributed by atoms with van der Waals surface area (Å²) in [6, 6.07) is 7.31. The van der Waals surface area contributed by atoms with Gasteiger partial charge in [0.25, 0.3) is 5.91 Å². The molecule has 1 aromatic carbocycles. The number of carbonyl (C=O) groups excluding carboxylic acids is 3. The number of thiazole rings is 1.